The summed E-state index contributed by atoms with van der Waals surface area (Å²) in [5.41, 5.74) is 0.924. The van der Waals surface area contributed by atoms with Crippen LogP contribution in [-0.4, -0.2) is 49.5 Å². The average Bonchev–Trinajstić information content (AvgIpc) is 2.73. The first kappa shape index (κ1) is 19.8. The second-order valence-corrected chi connectivity index (χ2v) is 7.83. The number of amides is 3. The highest BCUT2D eigenvalue weighted by Crippen LogP contribution is 2.38. The Labute approximate surface area is 174 Å². The van der Waals surface area contributed by atoms with E-state index in [1.165, 1.54) is 4.90 Å². The molecule has 2 aliphatic rings. The van der Waals surface area contributed by atoms with Gasteiger partial charge in [0, 0.05) is 7.05 Å². The maximum atomic E-state index is 13.5. The number of benzene rings is 2. The van der Waals surface area contributed by atoms with Gasteiger partial charge in [-0.1, -0.05) is 24.3 Å². The quantitative estimate of drug-likeness (QED) is 0.808. The van der Waals surface area contributed by atoms with E-state index in [-0.39, 0.29) is 30.8 Å². The lowest BCUT2D eigenvalue weighted by Crippen LogP contribution is -2.61. The van der Waals surface area contributed by atoms with Crippen LogP contribution < -0.4 is 25.2 Å². The summed E-state index contributed by atoms with van der Waals surface area (Å²) in [7, 11) is 1.55. The SMILES string of the molecule is CNC(=O)[C@H]1CN(CC(=O)N2c3ccccc3NC(=O)C2(C)C)c2ccccc2O1. The van der Waals surface area contributed by atoms with Crippen LogP contribution in [0.15, 0.2) is 48.5 Å². The van der Waals surface area contributed by atoms with Crippen LogP contribution >= 0.6 is 0 Å². The Bertz CT molecular complexity index is 1020. The van der Waals surface area contributed by atoms with Crippen LogP contribution in [0.2, 0.25) is 0 Å². The molecule has 8 nitrogen and oxygen atoms in total. The van der Waals surface area contributed by atoms with Gasteiger partial charge in [0.05, 0.1) is 30.2 Å². The van der Waals surface area contributed by atoms with Gasteiger partial charge in [-0.3, -0.25) is 19.3 Å². The number of carbonyl (C=O) groups excluding carboxylic acids is 3. The van der Waals surface area contributed by atoms with Crippen molar-refractivity contribution in [3.8, 4) is 5.75 Å². The van der Waals surface area contributed by atoms with Crippen molar-refractivity contribution >= 4 is 34.8 Å². The maximum Gasteiger partial charge on any atom is 0.262 e. The molecule has 2 heterocycles. The Morgan fingerprint density at radius 3 is 2.53 bits per heavy atom. The lowest BCUT2D eigenvalue weighted by Gasteiger charge is -2.43. The Morgan fingerprint density at radius 1 is 1.13 bits per heavy atom. The zero-order chi connectivity index (χ0) is 21.5. The summed E-state index contributed by atoms with van der Waals surface area (Å²) in [6, 6.07) is 14.5. The van der Waals surface area contributed by atoms with Crippen molar-refractivity contribution in [1.82, 2.24) is 5.32 Å². The molecule has 4 rings (SSSR count). The monoisotopic (exact) mass is 408 g/mol. The van der Waals surface area contributed by atoms with Crippen molar-refractivity contribution in [2.24, 2.45) is 0 Å². The lowest BCUT2D eigenvalue weighted by atomic mass is 9.96. The lowest BCUT2D eigenvalue weighted by molar-refractivity contribution is -0.128. The van der Waals surface area contributed by atoms with Crippen LogP contribution in [-0.2, 0) is 14.4 Å². The van der Waals surface area contributed by atoms with Gasteiger partial charge >= 0.3 is 0 Å². The molecule has 30 heavy (non-hydrogen) atoms. The van der Waals surface area contributed by atoms with Gasteiger partial charge in [0.15, 0.2) is 6.10 Å². The predicted octanol–water partition coefficient (Wildman–Crippen LogP) is 1.76. The largest absolute Gasteiger partial charge is 0.477 e. The van der Waals surface area contributed by atoms with Crippen LogP contribution in [0.25, 0.3) is 0 Å². The minimum atomic E-state index is -1.06. The summed E-state index contributed by atoms with van der Waals surface area (Å²) in [6.07, 6.45) is -0.734. The van der Waals surface area contributed by atoms with Gasteiger partial charge in [-0.05, 0) is 38.1 Å². The molecule has 8 heteroatoms. The van der Waals surface area contributed by atoms with Crippen molar-refractivity contribution in [2.75, 3.05) is 35.3 Å². The molecule has 0 unspecified atom stereocenters. The molecule has 0 spiro atoms. The minimum Gasteiger partial charge on any atom is -0.477 e. The van der Waals surface area contributed by atoms with E-state index in [1.54, 1.807) is 33.0 Å². The zero-order valence-electron chi connectivity index (χ0n) is 17.1. The predicted molar refractivity (Wildman–Crippen MR) is 114 cm³/mol. The highest BCUT2D eigenvalue weighted by Gasteiger charge is 2.44. The molecule has 0 bridgehead atoms. The normalized spacial score (nSPS) is 19.2. The second-order valence-electron chi connectivity index (χ2n) is 7.83. The fourth-order valence-corrected chi connectivity index (χ4v) is 3.89. The molecule has 0 saturated heterocycles. The van der Waals surface area contributed by atoms with Gasteiger partial charge in [0.25, 0.3) is 5.91 Å². The topological polar surface area (TPSA) is 91.0 Å². The molecular weight excluding hydrogens is 384 g/mol. The molecule has 2 aliphatic heterocycles. The molecule has 2 aromatic carbocycles. The Balaban J connectivity index is 1.67. The minimum absolute atomic E-state index is 0.00108. The number of rotatable bonds is 3. The number of hydrogen-bond donors (Lipinski definition) is 2. The van der Waals surface area contributed by atoms with Crippen LogP contribution in [0, 0.1) is 0 Å². The van der Waals surface area contributed by atoms with Crippen molar-refractivity contribution in [2.45, 2.75) is 25.5 Å². The third-order valence-electron chi connectivity index (χ3n) is 5.48. The molecule has 0 radical (unpaired) electrons. The molecule has 0 fully saturated rings. The number of nitrogens with zero attached hydrogens (tertiary/aromatic N) is 2. The smallest absolute Gasteiger partial charge is 0.262 e. The average molecular weight is 408 g/mol. The van der Waals surface area contributed by atoms with E-state index in [2.05, 4.69) is 10.6 Å². The number of ether oxygens (including phenoxy) is 1. The van der Waals surface area contributed by atoms with E-state index in [0.29, 0.717) is 17.1 Å². The van der Waals surface area contributed by atoms with Crippen molar-refractivity contribution < 1.29 is 19.1 Å². The molecule has 1 atom stereocenters. The van der Waals surface area contributed by atoms with Crippen molar-refractivity contribution in [3.63, 3.8) is 0 Å². The standard InChI is InChI=1S/C22H24N4O4/c1-22(2)21(29)24-14-8-4-5-9-15(14)26(22)19(27)13-25-12-18(20(28)23-3)30-17-11-7-6-10-16(17)25/h4-11,18H,12-13H2,1-3H3,(H,23,28)(H,24,29)/t18-/m1/s1. The Hall–Kier alpha value is -3.55. The fraction of sp³-hybridized carbons (Fsp3) is 0.318. The number of hydrogen-bond acceptors (Lipinski definition) is 5. The number of fused-ring (bicyclic) bond motifs is 2. The third-order valence-corrected chi connectivity index (χ3v) is 5.48. The number of para-hydroxylation sites is 4. The molecule has 2 aromatic rings. The molecule has 2 N–H and O–H groups in total. The first-order valence-corrected chi connectivity index (χ1v) is 9.78. The van der Waals surface area contributed by atoms with E-state index in [4.69, 9.17) is 4.74 Å². The van der Waals surface area contributed by atoms with Crippen LogP contribution in [0.4, 0.5) is 17.1 Å². The third kappa shape index (κ3) is 3.24. The molecule has 156 valence electrons. The Morgan fingerprint density at radius 2 is 1.80 bits per heavy atom. The first-order valence-electron chi connectivity index (χ1n) is 9.78. The van der Waals surface area contributed by atoms with E-state index in [9.17, 15) is 14.4 Å². The number of carbonyl (C=O) groups is 3. The van der Waals surface area contributed by atoms with Gasteiger partial charge in [-0.2, -0.15) is 0 Å². The summed E-state index contributed by atoms with van der Waals surface area (Å²) in [5, 5.41) is 5.46. The summed E-state index contributed by atoms with van der Waals surface area (Å²) < 4.78 is 5.81. The van der Waals surface area contributed by atoms with Crippen LogP contribution in [0.1, 0.15) is 13.8 Å². The van der Waals surface area contributed by atoms with E-state index >= 15 is 0 Å². The highest BCUT2D eigenvalue weighted by molar-refractivity contribution is 6.14. The summed E-state index contributed by atoms with van der Waals surface area (Å²) in [4.78, 5) is 41.8. The number of anilines is 3. The second kappa shape index (κ2) is 7.37. The molecular formula is C22H24N4O4. The van der Waals surface area contributed by atoms with E-state index in [0.717, 1.165) is 5.69 Å². The van der Waals surface area contributed by atoms with Crippen molar-refractivity contribution in [3.05, 3.63) is 48.5 Å². The zero-order valence-corrected chi connectivity index (χ0v) is 17.1. The van der Waals surface area contributed by atoms with Crippen LogP contribution in [0.3, 0.4) is 0 Å². The Kier molecular flexibility index (Phi) is 4.85. The van der Waals surface area contributed by atoms with E-state index < -0.39 is 11.6 Å². The fourth-order valence-electron chi connectivity index (χ4n) is 3.89. The summed E-state index contributed by atoms with van der Waals surface area (Å²) in [5.74, 6) is -0.207. The van der Waals surface area contributed by atoms with Gasteiger partial charge in [0.2, 0.25) is 11.8 Å². The van der Waals surface area contributed by atoms with Crippen molar-refractivity contribution in [1.29, 1.82) is 0 Å². The summed E-state index contributed by atoms with van der Waals surface area (Å²) >= 11 is 0. The highest BCUT2D eigenvalue weighted by atomic mass is 16.5. The van der Waals surface area contributed by atoms with Gasteiger partial charge < -0.3 is 20.3 Å². The first-order chi connectivity index (χ1) is 14.3. The van der Waals surface area contributed by atoms with Gasteiger partial charge in [-0.25, -0.2) is 0 Å². The van der Waals surface area contributed by atoms with Crippen LogP contribution in [0.5, 0.6) is 5.75 Å². The maximum absolute atomic E-state index is 13.5. The number of likely N-dealkylation sites (N-methyl/N-ethyl adjacent to an activating group) is 1. The summed E-state index contributed by atoms with van der Waals surface area (Å²) in [6.45, 7) is 3.66. The van der Waals surface area contributed by atoms with Gasteiger partial charge in [-0.15, -0.1) is 0 Å². The molecule has 0 aliphatic carbocycles. The van der Waals surface area contributed by atoms with Gasteiger partial charge in [0.1, 0.15) is 11.3 Å². The van der Waals surface area contributed by atoms with E-state index in [1.807, 2.05) is 41.3 Å². The molecule has 0 saturated carbocycles. The number of nitrogens with one attached hydrogen (secondary N) is 2. The molecule has 3 amide bonds. The molecule has 0 aromatic heterocycles.